The van der Waals surface area contributed by atoms with Crippen molar-refractivity contribution in [3.63, 3.8) is 0 Å². The number of piperidine rings is 1. The van der Waals surface area contributed by atoms with Crippen LogP contribution in [0.25, 0.3) is 0 Å². The number of hydrogen-bond acceptors (Lipinski definition) is 8. The van der Waals surface area contributed by atoms with Crippen molar-refractivity contribution in [1.29, 1.82) is 0 Å². The molecule has 252 valence electrons. The number of aryl methyl sites for hydroxylation is 1. The van der Waals surface area contributed by atoms with Gasteiger partial charge < -0.3 is 20.3 Å². The van der Waals surface area contributed by atoms with Gasteiger partial charge in [0.1, 0.15) is 5.75 Å². The Labute approximate surface area is 268 Å². The number of halogens is 3. The highest BCUT2D eigenvalue weighted by Crippen LogP contribution is 2.65. The second-order valence-electron chi connectivity index (χ2n) is 13.0. The third-order valence-electron chi connectivity index (χ3n) is 10.2. The van der Waals surface area contributed by atoms with Gasteiger partial charge in [-0.15, -0.1) is 0 Å². The number of rotatable bonds is 11. The van der Waals surface area contributed by atoms with Crippen LogP contribution in [-0.2, 0) is 22.2 Å². The number of nitrogens with zero attached hydrogens (tertiary/aromatic N) is 4. The van der Waals surface area contributed by atoms with E-state index in [1.165, 1.54) is 26.2 Å². The van der Waals surface area contributed by atoms with Gasteiger partial charge in [-0.25, -0.2) is 15.0 Å². The molecule has 1 spiro atoms. The van der Waals surface area contributed by atoms with E-state index in [1.54, 1.807) is 18.2 Å². The molecule has 2 heterocycles. The van der Waals surface area contributed by atoms with Gasteiger partial charge in [0, 0.05) is 24.7 Å². The fourth-order valence-corrected chi connectivity index (χ4v) is 7.43. The van der Waals surface area contributed by atoms with Gasteiger partial charge in [-0.2, -0.15) is 13.2 Å². The Morgan fingerprint density at radius 1 is 1.13 bits per heavy atom. The number of alkyl halides is 3. The molecule has 10 nitrogen and oxygen atoms in total. The van der Waals surface area contributed by atoms with Gasteiger partial charge in [0.05, 0.1) is 37.7 Å². The number of benzene rings is 1. The number of hydroxylamine groups is 2. The molecule has 0 bridgehead atoms. The molecule has 2 saturated carbocycles. The quantitative estimate of drug-likeness (QED) is 0.304. The van der Waals surface area contributed by atoms with Crippen LogP contribution in [0.4, 0.5) is 24.8 Å². The number of likely N-dealkylation sites (tertiary alicyclic amines) is 1. The molecule has 1 saturated heterocycles. The normalized spacial score (nSPS) is 23.6. The van der Waals surface area contributed by atoms with Gasteiger partial charge in [-0.05, 0) is 101 Å². The zero-order chi connectivity index (χ0) is 33.1. The molecule has 1 aromatic heterocycles. The van der Waals surface area contributed by atoms with Crippen molar-refractivity contribution in [3.05, 3.63) is 41.2 Å². The molecule has 2 aromatic rings. The molecular formula is C33H45F3N6O4. The monoisotopic (exact) mass is 646 g/mol. The fourth-order valence-electron chi connectivity index (χ4n) is 7.43. The summed E-state index contributed by atoms with van der Waals surface area (Å²) >= 11 is 0. The summed E-state index contributed by atoms with van der Waals surface area (Å²) in [5.41, 5.74) is -0.0288. The van der Waals surface area contributed by atoms with E-state index in [0.717, 1.165) is 64.2 Å². The lowest BCUT2D eigenvalue weighted by Gasteiger charge is -2.36. The van der Waals surface area contributed by atoms with E-state index in [2.05, 4.69) is 32.5 Å². The van der Waals surface area contributed by atoms with Gasteiger partial charge >= 0.3 is 6.18 Å². The molecule has 3 fully saturated rings. The first-order valence-corrected chi connectivity index (χ1v) is 16.1. The lowest BCUT2D eigenvalue weighted by atomic mass is 9.74. The molecule has 3 atom stereocenters. The zero-order valence-corrected chi connectivity index (χ0v) is 27.1. The number of aromatic nitrogens is 2. The van der Waals surface area contributed by atoms with Crippen LogP contribution in [0.3, 0.4) is 0 Å². The smallest absolute Gasteiger partial charge is 0.419 e. The predicted molar refractivity (Wildman–Crippen MR) is 167 cm³/mol. The summed E-state index contributed by atoms with van der Waals surface area (Å²) < 4.78 is 47.6. The van der Waals surface area contributed by atoms with Crippen LogP contribution >= 0.6 is 0 Å². The number of amides is 2. The van der Waals surface area contributed by atoms with Gasteiger partial charge in [-0.3, -0.25) is 14.4 Å². The lowest BCUT2D eigenvalue weighted by molar-refractivity contribution is -0.179. The Hall–Kier alpha value is -3.45. The predicted octanol–water partition coefficient (Wildman–Crippen LogP) is 5.61. The number of carbonyl (C=O) groups excluding carboxylic acids is 2. The molecular weight excluding hydrogens is 601 g/mol. The van der Waals surface area contributed by atoms with Crippen molar-refractivity contribution in [3.8, 4) is 5.75 Å². The molecule has 2 aliphatic carbocycles. The van der Waals surface area contributed by atoms with Crippen LogP contribution in [0.15, 0.2) is 24.4 Å². The summed E-state index contributed by atoms with van der Waals surface area (Å²) in [6, 6.07) is 4.98. The van der Waals surface area contributed by atoms with Crippen LogP contribution in [-0.4, -0.2) is 78.7 Å². The van der Waals surface area contributed by atoms with Crippen LogP contribution in [0, 0.1) is 17.3 Å². The fraction of sp³-hybridized carbons (Fsp3) is 0.636. The first-order chi connectivity index (χ1) is 21.9. The molecule has 1 aromatic carbocycles. The number of hydrogen-bond donors (Lipinski definition) is 2. The van der Waals surface area contributed by atoms with E-state index in [0.29, 0.717) is 30.0 Å². The molecule has 3 aliphatic rings. The minimum absolute atomic E-state index is 0.0167. The van der Waals surface area contributed by atoms with Gasteiger partial charge in [0.25, 0.3) is 5.91 Å². The largest absolute Gasteiger partial charge is 0.495 e. The topological polar surface area (TPSA) is 109 Å². The average Bonchev–Trinajstić information content (AvgIpc) is 3.72. The molecule has 5 rings (SSSR count). The standard InChI is InChI=1S/C33H45F3N6O4/c1-21(43)42(46-4)20-24-7-5-6-14-32(24)18-23(32)9-11-27-26(33(34,35)36)19-37-31(39-27)40-28-10-8-22(17-29(28)45-3)30(44)38-25-12-15-41(2)16-13-25/h8,10,17,19,23-25H,5-7,9,11-16,18,20H2,1-4H3,(H,38,44)(H,37,39,40)/t23-,24+,32-/m0/s1. The Morgan fingerprint density at radius 2 is 1.89 bits per heavy atom. The molecule has 46 heavy (non-hydrogen) atoms. The first-order valence-electron chi connectivity index (χ1n) is 16.1. The summed E-state index contributed by atoms with van der Waals surface area (Å²) in [7, 11) is 5.01. The maximum atomic E-state index is 14.0. The van der Waals surface area contributed by atoms with Crippen molar-refractivity contribution < 1.29 is 32.3 Å². The molecule has 0 unspecified atom stereocenters. The number of ether oxygens (including phenoxy) is 1. The number of nitrogens with one attached hydrogen (secondary N) is 2. The van der Waals surface area contributed by atoms with Crippen molar-refractivity contribution in [2.75, 3.05) is 46.2 Å². The summed E-state index contributed by atoms with van der Waals surface area (Å²) in [5, 5.41) is 7.46. The molecule has 2 N–H and O–H groups in total. The first kappa shape index (κ1) is 33.9. The molecule has 2 amide bonds. The SMILES string of the molecule is COc1cc(C(=O)NC2CCN(C)CC2)ccc1Nc1ncc(C(F)(F)F)c(CC[C@H]2C[C@@]23CCCC[C@@H]3CN(OC)C(C)=O)n1. The average molecular weight is 647 g/mol. The Bertz CT molecular complexity index is 1400. The summed E-state index contributed by atoms with van der Waals surface area (Å²) in [5.74, 6) is 0.509. The van der Waals surface area contributed by atoms with Crippen molar-refractivity contribution in [1.82, 2.24) is 25.2 Å². The van der Waals surface area contributed by atoms with Crippen LogP contribution < -0.4 is 15.4 Å². The summed E-state index contributed by atoms with van der Waals surface area (Å²) in [6.07, 6.45) is 3.76. The number of methoxy groups -OCH3 is 1. The van der Waals surface area contributed by atoms with E-state index in [4.69, 9.17) is 9.57 Å². The van der Waals surface area contributed by atoms with E-state index < -0.39 is 11.7 Å². The van der Waals surface area contributed by atoms with Crippen molar-refractivity contribution in [2.24, 2.45) is 17.3 Å². The third-order valence-corrected chi connectivity index (χ3v) is 10.2. The van der Waals surface area contributed by atoms with Crippen molar-refractivity contribution in [2.45, 2.75) is 76.9 Å². The van der Waals surface area contributed by atoms with Gasteiger partial charge in [-0.1, -0.05) is 12.8 Å². The highest BCUT2D eigenvalue weighted by molar-refractivity contribution is 5.95. The highest BCUT2D eigenvalue weighted by atomic mass is 19.4. The van der Waals surface area contributed by atoms with E-state index >= 15 is 0 Å². The van der Waals surface area contributed by atoms with Crippen molar-refractivity contribution >= 4 is 23.5 Å². The summed E-state index contributed by atoms with van der Waals surface area (Å²) in [6.45, 7) is 3.81. The highest BCUT2D eigenvalue weighted by Gasteiger charge is 2.58. The summed E-state index contributed by atoms with van der Waals surface area (Å²) in [4.78, 5) is 40.7. The molecule has 0 radical (unpaired) electrons. The third kappa shape index (κ3) is 7.74. The Morgan fingerprint density at radius 3 is 2.57 bits per heavy atom. The zero-order valence-electron chi connectivity index (χ0n) is 27.1. The maximum Gasteiger partial charge on any atom is 0.419 e. The van der Waals surface area contributed by atoms with Crippen LogP contribution in [0.5, 0.6) is 5.75 Å². The van der Waals surface area contributed by atoms with Gasteiger partial charge in [0.15, 0.2) is 0 Å². The minimum Gasteiger partial charge on any atom is -0.495 e. The van der Waals surface area contributed by atoms with Crippen LogP contribution in [0.2, 0.25) is 0 Å². The van der Waals surface area contributed by atoms with E-state index in [-0.39, 0.29) is 53.2 Å². The second kappa shape index (κ2) is 14.1. The molecule has 13 heteroatoms. The van der Waals surface area contributed by atoms with E-state index in [9.17, 15) is 22.8 Å². The van der Waals surface area contributed by atoms with E-state index in [1.807, 2.05) is 0 Å². The number of anilines is 2. The second-order valence-corrected chi connectivity index (χ2v) is 13.0. The molecule has 1 aliphatic heterocycles. The van der Waals surface area contributed by atoms with Gasteiger partial charge in [0.2, 0.25) is 11.9 Å². The lowest BCUT2D eigenvalue weighted by Crippen LogP contribution is -2.43. The Kier molecular flexibility index (Phi) is 10.4. The maximum absolute atomic E-state index is 14.0. The van der Waals surface area contributed by atoms with Crippen LogP contribution in [0.1, 0.15) is 79.9 Å². The Balaban J connectivity index is 1.28. The number of carbonyl (C=O) groups is 2. The minimum atomic E-state index is -4.59.